The molecule has 1 atom stereocenters. The molecule has 0 radical (unpaired) electrons. The Morgan fingerprint density at radius 1 is 1.26 bits per heavy atom. The number of rotatable bonds is 7. The van der Waals surface area contributed by atoms with Gasteiger partial charge in [-0.1, -0.05) is 34.6 Å². The van der Waals surface area contributed by atoms with Gasteiger partial charge in [-0.15, -0.1) is 11.6 Å². The van der Waals surface area contributed by atoms with Gasteiger partial charge < -0.3 is 0 Å². The van der Waals surface area contributed by atoms with Crippen molar-refractivity contribution in [2.75, 3.05) is 0 Å². The minimum Gasteiger partial charge on any atom is -0.269 e. The summed E-state index contributed by atoms with van der Waals surface area (Å²) in [4.78, 5) is 0. The van der Waals surface area contributed by atoms with Gasteiger partial charge in [-0.05, 0) is 37.2 Å². The predicted octanol–water partition coefficient (Wildman–Crippen LogP) is 5.22. The minimum absolute atomic E-state index is 0.198. The van der Waals surface area contributed by atoms with Crippen molar-refractivity contribution in [2.24, 2.45) is 5.41 Å². The van der Waals surface area contributed by atoms with Gasteiger partial charge >= 0.3 is 0 Å². The second-order valence-corrected chi connectivity index (χ2v) is 7.28. The lowest BCUT2D eigenvalue weighted by Gasteiger charge is -2.19. The first-order chi connectivity index (χ1) is 8.85. The molecule has 0 N–H and O–H groups in total. The van der Waals surface area contributed by atoms with Crippen molar-refractivity contribution in [1.29, 1.82) is 0 Å². The number of aromatic nitrogens is 2. The van der Waals surface area contributed by atoms with Crippen molar-refractivity contribution in [3.05, 3.63) is 18.0 Å². The van der Waals surface area contributed by atoms with Crippen LogP contribution in [0.3, 0.4) is 0 Å². The van der Waals surface area contributed by atoms with Crippen molar-refractivity contribution >= 4 is 11.6 Å². The van der Waals surface area contributed by atoms with Crippen LogP contribution in [0.15, 0.2) is 12.3 Å². The highest BCUT2D eigenvalue weighted by Crippen LogP contribution is 2.24. The maximum absolute atomic E-state index is 6.43. The zero-order valence-corrected chi connectivity index (χ0v) is 13.9. The average Bonchev–Trinajstić information content (AvgIpc) is 2.76. The van der Waals surface area contributed by atoms with Gasteiger partial charge in [-0.2, -0.15) is 5.10 Å². The van der Waals surface area contributed by atoms with Gasteiger partial charge in [0, 0.05) is 18.0 Å². The standard InChI is InChI=1S/C16H29ClN2/c1-6-15(7-2)19-11-9-14(18-19)12-13(17)8-10-16(3,4)5/h9,11,13,15H,6-8,10,12H2,1-5H3. The predicted molar refractivity (Wildman–Crippen MR) is 83.9 cm³/mol. The van der Waals surface area contributed by atoms with Gasteiger partial charge in [0.15, 0.2) is 0 Å². The van der Waals surface area contributed by atoms with Crippen LogP contribution in [0.5, 0.6) is 0 Å². The molecule has 0 aliphatic heterocycles. The number of hydrogen-bond donors (Lipinski definition) is 0. The molecule has 19 heavy (non-hydrogen) atoms. The number of hydrogen-bond acceptors (Lipinski definition) is 1. The van der Waals surface area contributed by atoms with E-state index in [1.165, 1.54) is 0 Å². The van der Waals surface area contributed by atoms with Crippen LogP contribution >= 0.6 is 11.6 Å². The molecule has 110 valence electrons. The summed E-state index contributed by atoms with van der Waals surface area (Å²) in [5.41, 5.74) is 1.49. The van der Waals surface area contributed by atoms with Crippen LogP contribution in [-0.2, 0) is 6.42 Å². The second kappa shape index (κ2) is 7.33. The maximum atomic E-state index is 6.43. The lowest BCUT2D eigenvalue weighted by molar-refractivity contribution is 0.361. The highest BCUT2D eigenvalue weighted by Gasteiger charge is 2.15. The van der Waals surface area contributed by atoms with E-state index in [-0.39, 0.29) is 5.38 Å². The van der Waals surface area contributed by atoms with Crippen molar-refractivity contribution in [3.63, 3.8) is 0 Å². The van der Waals surface area contributed by atoms with Crippen molar-refractivity contribution < 1.29 is 0 Å². The summed E-state index contributed by atoms with van der Waals surface area (Å²) in [6.45, 7) is 11.2. The highest BCUT2D eigenvalue weighted by molar-refractivity contribution is 6.20. The van der Waals surface area contributed by atoms with Crippen LogP contribution < -0.4 is 0 Å². The van der Waals surface area contributed by atoms with E-state index in [2.05, 4.69) is 56.7 Å². The van der Waals surface area contributed by atoms with Crippen molar-refractivity contribution in [2.45, 2.75) is 78.1 Å². The van der Waals surface area contributed by atoms with Gasteiger partial charge in [0.25, 0.3) is 0 Å². The molecule has 1 heterocycles. The highest BCUT2D eigenvalue weighted by atomic mass is 35.5. The molecule has 3 heteroatoms. The molecular weight excluding hydrogens is 256 g/mol. The molecule has 0 amide bonds. The summed E-state index contributed by atoms with van der Waals surface area (Å²) in [7, 11) is 0. The molecule has 2 nitrogen and oxygen atoms in total. The topological polar surface area (TPSA) is 17.8 Å². The van der Waals surface area contributed by atoms with Gasteiger partial charge in [0.2, 0.25) is 0 Å². The minimum atomic E-state index is 0.198. The van der Waals surface area contributed by atoms with E-state index in [0.29, 0.717) is 11.5 Å². The normalized spacial score (nSPS) is 14.1. The Kier molecular flexibility index (Phi) is 6.38. The molecule has 0 spiro atoms. The first-order valence-electron chi connectivity index (χ1n) is 7.53. The fraction of sp³-hybridized carbons (Fsp3) is 0.812. The van der Waals surface area contributed by atoms with Crippen LogP contribution in [0, 0.1) is 5.41 Å². The monoisotopic (exact) mass is 284 g/mol. The molecule has 1 rings (SSSR count). The van der Waals surface area contributed by atoms with E-state index < -0.39 is 0 Å². The third-order valence-electron chi connectivity index (χ3n) is 3.62. The van der Waals surface area contributed by atoms with Crippen LogP contribution in [0.25, 0.3) is 0 Å². The zero-order valence-electron chi connectivity index (χ0n) is 13.1. The molecule has 0 aliphatic carbocycles. The van der Waals surface area contributed by atoms with Crippen LogP contribution in [0.4, 0.5) is 0 Å². The third-order valence-corrected chi connectivity index (χ3v) is 3.99. The molecule has 0 aromatic carbocycles. The molecule has 0 aliphatic rings. The third kappa shape index (κ3) is 5.99. The van der Waals surface area contributed by atoms with E-state index in [1.807, 2.05) is 0 Å². The lowest BCUT2D eigenvalue weighted by atomic mass is 9.89. The molecule has 1 aromatic heterocycles. The summed E-state index contributed by atoms with van der Waals surface area (Å²) in [5.74, 6) is 0. The van der Waals surface area contributed by atoms with Crippen LogP contribution in [0.2, 0.25) is 0 Å². The average molecular weight is 285 g/mol. The Morgan fingerprint density at radius 2 is 1.89 bits per heavy atom. The smallest absolute Gasteiger partial charge is 0.0639 e. The number of halogens is 1. The van der Waals surface area contributed by atoms with Crippen LogP contribution in [0.1, 0.15) is 72.0 Å². The van der Waals surface area contributed by atoms with E-state index in [1.54, 1.807) is 0 Å². The van der Waals surface area contributed by atoms with Crippen molar-refractivity contribution in [3.8, 4) is 0 Å². The molecule has 1 aromatic rings. The molecule has 0 bridgehead atoms. The molecule has 0 saturated heterocycles. The molecular formula is C16H29ClN2. The van der Waals surface area contributed by atoms with E-state index in [0.717, 1.165) is 37.8 Å². The van der Waals surface area contributed by atoms with Crippen molar-refractivity contribution in [1.82, 2.24) is 9.78 Å². The summed E-state index contributed by atoms with van der Waals surface area (Å²) in [5, 5.41) is 4.87. The Labute approximate surface area is 123 Å². The quantitative estimate of drug-likeness (QED) is 0.628. The van der Waals surface area contributed by atoms with Gasteiger partial charge in [0.05, 0.1) is 11.7 Å². The summed E-state index contributed by atoms with van der Waals surface area (Å²) in [6.07, 6.45) is 7.46. The van der Waals surface area contributed by atoms with E-state index in [9.17, 15) is 0 Å². The first kappa shape index (κ1) is 16.6. The fourth-order valence-electron chi connectivity index (χ4n) is 2.27. The van der Waals surface area contributed by atoms with Crippen LogP contribution in [-0.4, -0.2) is 15.2 Å². The number of nitrogens with zero attached hydrogens (tertiary/aromatic N) is 2. The lowest BCUT2D eigenvalue weighted by Crippen LogP contribution is -2.12. The van der Waals surface area contributed by atoms with Gasteiger partial charge in [-0.25, -0.2) is 0 Å². The molecule has 1 unspecified atom stereocenters. The largest absolute Gasteiger partial charge is 0.269 e. The zero-order chi connectivity index (χ0) is 14.5. The van der Waals surface area contributed by atoms with Gasteiger partial charge in [-0.3, -0.25) is 4.68 Å². The SMILES string of the molecule is CCC(CC)n1ccc(CC(Cl)CCC(C)(C)C)n1. The fourth-order valence-corrected chi connectivity index (χ4v) is 2.54. The Morgan fingerprint density at radius 3 is 2.42 bits per heavy atom. The first-order valence-corrected chi connectivity index (χ1v) is 7.97. The molecule has 0 fully saturated rings. The Hall–Kier alpha value is -0.500. The summed E-state index contributed by atoms with van der Waals surface area (Å²) < 4.78 is 2.10. The Bertz CT molecular complexity index is 361. The Balaban J connectivity index is 2.49. The van der Waals surface area contributed by atoms with Gasteiger partial charge in [0.1, 0.15) is 0 Å². The van der Waals surface area contributed by atoms with E-state index >= 15 is 0 Å². The summed E-state index contributed by atoms with van der Waals surface area (Å²) >= 11 is 6.43. The molecule has 0 saturated carbocycles. The second-order valence-electron chi connectivity index (χ2n) is 6.66. The summed E-state index contributed by atoms with van der Waals surface area (Å²) in [6, 6.07) is 2.64. The maximum Gasteiger partial charge on any atom is 0.0639 e. The van der Waals surface area contributed by atoms with E-state index in [4.69, 9.17) is 11.6 Å². The number of alkyl halides is 1.